The standard InChI is InChI=1S/C17H16Cl2O2S3/c1-21-14-4-2-5-15(11-14)24(20)9-3-8-22-23-12-13-6-7-16(18)17(19)10-13/h2-8,10-11H,9,12H2,1H3/b8-3-. The van der Waals surface area contributed by atoms with Gasteiger partial charge in [0.05, 0.1) is 28.0 Å². The second-order valence-electron chi connectivity index (χ2n) is 4.67. The summed E-state index contributed by atoms with van der Waals surface area (Å²) in [5.41, 5.74) is 1.12. The first-order valence-corrected chi connectivity index (χ1v) is 11.5. The average molecular weight is 419 g/mol. The lowest BCUT2D eigenvalue weighted by atomic mass is 10.2. The largest absolute Gasteiger partial charge is 0.497 e. The van der Waals surface area contributed by atoms with E-state index in [1.807, 2.05) is 41.8 Å². The van der Waals surface area contributed by atoms with Crippen LogP contribution in [0, 0.1) is 0 Å². The number of benzene rings is 2. The van der Waals surface area contributed by atoms with Crippen molar-refractivity contribution in [2.24, 2.45) is 0 Å². The van der Waals surface area contributed by atoms with E-state index >= 15 is 0 Å². The first kappa shape index (κ1) is 19.7. The molecule has 0 fully saturated rings. The van der Waals surface area contributed by atoms with Crippen molar-refractivity contribution in [2.45, 2.75) is 10.6 Å². The fourth-order valence-corrected chi connectivity index (χ4v) is 4.88. The maximum Gasteiger partial charge on any atom is 0.120 e. The summed E-state index contributed by atoms with van der Waals surface area (Å²) < 4.78 is 17.3. The molecule has 0 spiro atoms. The Labute approximate surface area is 162 Å². The van der Waals surface area contributed by atoms with Gasteiger partial charge in [-0.1, -0.05) is 63.0 Å². The van der Waals surface area contributed by atoms with Crippen molar-refractivity contribution in [3.8, 4) is 5.75 Å². The molecule has 0 radical (unpaired) electrons. The van der Waals surface area contributed by atoms with Crippen molar-refractivity contribution in [1.82, 2.24) is 0 Å². The van der Waals surface area contributed by atoms with Crippen molar-refractivity contribution in [3.63, 3.8) is 0 Å². The monoisotopic (exact) mass is 418 g/mol. The molecule has 0 aromatic heterocycles. The van der Waals surface area contributed by atoms with Crippen LogP contribution in [-0.2, 0) is 16.6 Å². The average Bonchev–Trinajstić information content (AvgIpc) is 2.60. The maximum absolute atomic E-state index is 12.2. The molecular weight excluding hydrogens is 403 g/mol. The fourth-order valence-electron chi connectivity index (χ4n) is 1.78. The summed E-state index contributed by atoms with van der Waals surface area (Å²) in [6.45, 7) is 0. The Morgan fingerprint density at radius 3 is 2.75 bits per heavy atom. The van der Waals surface area contributed by atoms with Gasteiger partial charge in [-0.25, -0.2) is 0 Å². The molecule has 0 N–H and O–H groups in total. The van der Waals surface area contributed by atoms with E-state index in [2.05, 4.69) is 0 Å². The van der Waals surface area contributed by atoms with Crippen molar-refractivity contribution in [3.05, 3.63) is 69.6 Å². The Balaban J connectivity index is 1.74. The third-order valence-corrected chi connectivity index (χ3v) is 6.98. The molecule has 128 valence electrons. The highest BCUT2D eigenvalue weighted by Gasteiger charge is 2.03. The van der Waals surface area contributed by atoms with Crippen LogP contribution in [0.4, 0.5) is 0 Å². The predicted molar refractivity (Wildman–Crippen MR) is 109 cm³/mol. The second-order valence-corrected chi connectivity index (χ2v) is 9.25. The van der Waals surface area contributed by atoms with Crippen molar-refractivity contribution < 1.29 is 8.95 Å². The Kier molecular flexibility index (Phi) is 8.56. The Hall–Kier alpha value is -0.590. The fraction of sp³-hybridized carbons (Fsp3) is 0.176. The molecule has 0 saturated carbocycles. The van der Waals surface area contributed by atoms with Crippen LogP contribution in [0.3, 0.4) is 0 Å². The smallest absolute Gasteiger partial charge is 0.120 e. The topological polar surface area (TPSA) is 26.3 Å². The predicted octanol–water partition coefficient (Wildman–Crippen LogP) is 6.20. The highest BCUT2D eigenvalue weighted by atomic mass is 35.5. The zero-order valence-electron chi connectivity index (χ0n) is 12.9. The minimum atomic E-state index is -1.06. The van der Waals surface area contributed by atoms with Gasteiger partial charge in [0.1, 0.15) is 5.75 Å². The Bertz CT molecular complexity index is 736. The molecule has 1 unspecified atom stereocenters. The SMILES string of the molecule is COc1cccc(S(=O)C/C=C\SSCc2ccc(Cl)c(Cl)c2)c1. The van der Waals surface area contributed by atoms with Crippen LogP contribution in [0.5, 0.6) is 5.75 Å². The van der Waals surface area contributed by atoms with Gasteiger partial charge in [0.25, 0.3) is 0 Å². The normalized spacial score (nSPS) is 12.5. The van der Waals surface area contributed by atoms with Crippen molar-refractivity contribution in [2.75, 3.05) is 12.9 Å². The first-order chi connectivity index (χ1) is 11.6. The van der Waals surface area contributed by atoms with Gasteiger partial charge in [-0.3, -0.25) is 4.21 Å². The van der Waals surface area contributed by atoms with E-state index in [1.54, 1.807) is 40.8 Å². The van der Waals surface area contributed by atoms with Crippen molar-refractivity contribution in [1.29, 1.82) is 0 Å². The molecule has 0 aliphatic rings. The molecule has 2 aromatic carbocycles. The van der Waals surface area contributed by atoms with Gasteiger partial charge in [-0.15, -0.1) is 0 Å². The van der Waals surface area contributed by atoms with Gasteiger partial charge in [0.15, 0.2) is 0 Å². The summed E-state index contributed by atoms with van der Waals surface area (Å²) >= 11 is 11.9. The van der Waals surface area contributed by atoms with Gasteiger partial charge < -0.3 is 4.74 Å². The minimum absolute atomic E-state index is 0.480. The highest BCUT2D eigenvalue weighted by Crippen LogP contribution is 2.30. The molecule has 0 aliphatic carbocycles. The Morgan fingerprint density at radius 2 is 2.00 bits per heavy atom. The zero-order chi connectivity index (χ0) is 17.4. The van der Waals surface area contributed by atoms with E-state index in [1.165, 1.54) is 0 Å². The lowest BCUT2D eigenvalue weighted by molar-refractivity contribution is 0.413. The number of hydrogen-bond acceptors (Lipinski definition) is 4. The van der Waals surface area contributed by atoms with E-state index in [0.717, 1.165) is 22.0 Å². The minimum Gasteiger partial charge on any atom is -0.497 e. The van der Waals surface area contributed by atoms with E-state index in [-0.39, 0.29) is 0 Å². The summed E-state index contributed by atoms with van der Waals surface area (Å²) in [6.07, 6.45) is 1.92. The Morgan fingerprint density at radius 1 is 1.17 bits per heavy atom. The summed E-state index contributed by atoms with van der Waals surface area (Å²) in [7, 11) is 3.82. The number of hydrogen-bond donors (Lipinski definition) is 0. The van der Waals surface area contributed by atoms with Crippen LogP contribution >= 0.6 is 44.8 Å². The molecule has 0 heterocycles. The maximum atomic E-state index is 12.2. The van der Waals surface area contributed by atoms with E-state index in [9.17, 15) is 4.21 Å². The van der Waals surface area contributed by atoms with Gasteiger partial charge >= 0.3 is 0 Å². The van der Waals surface area contributed by atoms with Crippen LogP contribution in [0.15, 0.2) is 58.8 Å². The zero-order valence-corrected chi connectivity index (χ0v) is 16.9. The lowest BCUT2D eigenvalue weighted by Crippen LogP contribution is -1.95. The molecule has 1 atom stereocenters. The molecule has 0 amide bonds. The van der Waals surface area contributed by atoms with Gasteiger partial charge in [-0.2, -0.15) is 0 Å². The quantitative estimate of drug-likeness (QED) is 0.376. The van der Waals surface area contributed by atoms with Crippen LogP contribution in [0.25, 0.3) is 0 Å². The highest BCUT2D eigenvalue weighted by molar-refractivity contribution is 8.77. The molecule has 24 heavy (non-hydrogen) atoms. The molecule has 2 rings (SSSR count). The summed E-state index contributed by atoms with van der Waals surface area (Å²) in [5, 5.41) is 3.10. The molecule has 0 aliphatic heterocycles. The number of methoxy groups -OCH3 is 1. The van der Waals surface area contributed by atoms with E-state index in [4.69, 9.17) is 27.9 Å². The van der Waals surface area contributed by atoms with Gasteiger partial charge in [0, 0.05) is 16.4 Å². The molecule has 0 bridgehead atoms. The summed E-state index contributed by atoms with van der Waals surface area (Å²) in [5.74, 6) is 2.02. The molecular formula is C17H16Cl2O2S3. The summed E-state index contributed by atoms with van der Waals surface area (Å²) in [4.78, 5) is 0.771. The third-order valence-electron chi connectivity index (χ3n) is 2.98. The van der Waals surface area contributed by atoms with Gasteiger partial charge in [0.2, 0.25) is 0 Å². The number of rotatable bonds is 8. The number of ether oxygens (including phenoxy) is 1. The lowest BCUT2D eigenvalue weighted by Gasteiger charge is -2.03. The van der Waals surface area contributed by atoms with Crippen molar-refractivity contribution >= 4 is 55.6 Å². The molecule has 0 saturated heterocycles. The summed E-state index contributed by atoms with van der Waals surface area (Å²) in [6, 6.07) is 13.0. The molecule has 2 aromatic rings. The van der Waals surface area contributed by atoms with Crippen LogP contribution < -0.4 is 4.74 Å². The van der Waals surface area contributed by atoms with E-state index in [0.29, 0.717) is 15.8 Å². The van der Waals surface area contributed by atoms with Crippen LogP contribution in [-0.4, -0.2) is 17.1 Å². The first-order valence-electron chi connectivity index (χ1n) is 7.00. The van der Waals surface area contributed by atoms with Gasteiger partial charge in [-0.05, 0) is 41.3 Å². The van der Waals surface area contributed by atoms with Crippen LogP contribution in [0.2, 0.25) is 10.0 Å². The molecule has 2 nitrogen and oxygen atoms in total. The van der Waals surface area contributed by atoms with Crippen LogP contribution in [0.1, 0.15) is 5.56 Å². The van der Waals surface area contributed by atoms with E-state index < -0.39 is 10.8 Å². The number of halogens is 2. The second kappa shape index (κ2) is 10.4. The third kappa shape index (κ3) is 6.37. The molecule has 7 heteroatoms.